The molecule has 33 heavy (non-hydrogen) atoms. The third kappa shape index (κ3) is 3.65. The second-order valence-electron chi connectivity index (χ2n) is 8.21. The van der Waals surface area contributed by atoms with Crippen molar-refractivity contribution in [1.29, 1.82) is 0 Å². The van der Waals surface area contributed by atoms with Crippen molar-refractivity contribution in [3.8, 4) is 17.2 Å². The number of aromatic nitrogens is 2. The predicted octanol–water partition coefficient (Wildman–Crippen LogP) is 4.36. The number of carbonyl (C=O) groups excluding carboxylic acids is 1. The first-order chi connectivity index (χ1) is 16.3. The molecule has 2 aliphatic heterocycles. The zero-order valence-electron chi connectivity index (χ0n) is 18.0. The minimum absolute atomic E-state index is 0.00736. The van der Waals surface area contributed by atoms with Gasteiger partial charge in [0.15, 0.2) is 11.5 Å². The van der Waals surface area contributed by atoms with Crippen LogP contribution in [0.2, 0.25) is 0 Å². The van der Waals surface area contributed by atoms with Gasteiger partial charge in [0.25, 0.3) is 0 Å². The van der Waals surface area contributed by atoms with E-state index in [0.717, 1.165) is 28.3 Å². The molecule has 0 bridgehead atoms. The van der Waals surface area contributed by atoms with Crippen molar-refractivity contribution < 1.29 is 19.0 Å². The van der Waals surface area contributed by atoms with Crippen LogP contribution in [0.5, 0.6) is 17.2 Å². The number of hydrogen-bond donors (Lipinski definition) is 0. The Labute approximate surface area is 191 Å². The van der Waals surface area contributed by atoms with Gasteiger partial charge in [-0.2, -0.15) is 0 Å². The fourth-order valence-electron chi connectivity index (χ4n) is 4.60. The van der Waals surface area contributed by atoms with E-state index in [0.29, 0.717) is 37.6 Å². The molecule has 0 aliphatic carbocycles. The Balaban J connectivity index is 1.26. The normalized spacial score (nSPS) is 17.2. The minimum atomic E-state index is -0.00736. The van der Waals surface area contributed by atoms with Gasteiger partial charge in [0.05, 0.1) is 17.6 Å². The standard InChI is InChI=1S/C26H23N3O4/c30-25-14-18(16-29(25)19-10-11-23-24(15-19)33-17-32-23)26-27-21-8-4-5-9-22(21)28(26)12-13-31-20-6-2-1-3-7-20/h1-11,15,18H,12-14,16-17H2. The van der Waals surface area contributed by atoms with Gasteiger partial charge in [-0.05, 0) is 36.4 Å². The maximum atomic E-state index is 13.0. The van der Waals surface area contributed by atoms with Crippen LogP contribution < -0.4 is 19.1 Å². The minimum Gasteiger partial charge on any atom is -0.492 e. The topological polar surface area (TPSA) is 65.8 Å². The summed E-state index contributed by atoms with van der Waals surface area (Å²) in [5.74, 6) is 3.22. The van der Waals surface area contributed by atoms with E-state index in [1.807, 2.05) is 71.6 Å². The average molecular weight is 441 g/mol. The number of ether oxygens (including phenoxy) is 3. The molecule has 1 aromatic heterocycles. The Morgan fingerprint density at radius 2 is 1.79 bits per heavy atom. The SMILES string of the molecule is O=C1CC(c2nc3ccccc3n2CCOc2ccccc2)CN1c1ccc2c(c1)OCO2. The number of carbonyl (C=O) groups is 1. The molecular weight excluding hydrogens is 418 g/mol. The third-order valence-corrected chi connectivity index (χ3v) is 6.17. The van der Waals surface area contributed by atoms with Gasteiger partial charge in [0, 0.05) is 30.6 Å². The van der Waals surface area contributed by atoms with Crippen molar-refractivity contribution in [2.24, 2.45) is 0 Å². The molecule has 0 spiro atoms. The predicted molar refractivity (Wildman–Crippen MR) is 124 cm³/mol. The summed E-state index contributed by atoms with van der Waals surface area (Å²) in [6.07, 6.45) is 0.414. The summed E-state index contributed by atoms with van der Waals surface area (Å²) in [6.45, 7) is 1.95. The number of fused-ring (bicyclic) bond motifs is 2. The smallest absolute Gasteiger partial charge is 0.231 e. The first-order valence-corrected chi connectivity index (χ1v) is 11.1. The largest absolute Gasteiger partial charge is 0.492 e. The highest BCUT2D eigenvalue weighted by atomic mass is 16.7. The van der Waals surface area contributed by atoms with E-state index in [4.69, 9.17) is 19.2 Å². The van der Waals surface area contributed by atoms with Crippen molar-refractivity contribution in [2.45, 2.75) is 18.9 Å². The van der Waals surface area contributed by atoms with Gasteiger partial charge < -0.3 is 23.7 Å². The van der Waals surface area contributed by atoms with Gasteiger partial charge in [0.2, 0.25) is 12.7 Å². The van der Waals surface area contributed by atoms with Crippen molar-refractivity contribution in [2.75, 3.05) is 24.8 Å². The van der Waals surface area contributed by atoms with Crippen LogP contribution in [0.1, 0.15) is 18.2 Å². The first kappa shape index (κ1) is 19.7. The fraction of sp³-hybridized carbons (Fsp3) is 0.231. The molecule has 7 nitrogen and oxygen atoms in total. The number of imidazole rings is 1. The van der Waals surface area contributed by atoms with E-state index in [1.54, 1.807) is 0 Å². The van der Waals surface area contributed by atoms with Gasteiger partial charge in [-0.1, -0.05) is 30.3 Å². The summed E-state index contributed by atoms with van der Waals surface area (Å²) in [7, 11) is 0. The summed E-state index contributed by atoms with van der Waals surface area (Å²) in [5, 5.41) is 0. The number of benzene rings is 3. The molecule has 3 heterocycles. The fourth-order valence-corrected chi connectivity index (χ4v) is 4.60. The van der Waals surface area contributed by atoms with Gasteiger partial charge in [-0.25, -0.2) is 4.98 Å². The highest BCUT2D eigenvalue weighted by Crippen LogP contribution is 2.39. The molecule has 4 aromatic rings. The van der Waals surface area contributed by atoms with E-state index >= 15 is 0 Å². The monoisotopic (exact) mass is 441 g/mol. The summed E-state index contributed by atoms with van der Waals surface area (Å²) in [4.78, 5) is 19.7. The zero-order valence-corrected chi connectivity index (χ0v) is 18.0. The lowest BCUT2D eigenvalue weighted by molar-refractivity contribution is -0.117. The molecule has 0 radical (unpaired) electrons. The van der Waals surface area contributed by atoms with E-state index in [1.165, 1.54) is 0 Å². The molecule has 1 unspecified atom stereocenters. The van der Waals surface area contributed by atoms with Crippen LogP contribution in [-0.4, -0.2) is 35.4 Å². The van der Waals surface area contributed by atoms with E-state index in [9.17, 15) is 4.79 Å². The number of para-hydroxylation sites is 3. The second kappa shape index (κ2) is 8.16. The van der Waals surface area contributed by atoms with Gasteiger partial charge in [-0.15, -0.1) is 0 Å². The molecule has 2 aliphatic rings. The molecule has 1 atom stereocenters. The van der Waals surface area contributed by atoms with Crippen LogP contribution >= 0.6 is 0 Å². The molecule has 0 saturated carbocycles. The highest BCUT2D eigenvalue weighted by Gasteiger charge is 2.35. The van der Waals surface area contributed by atoms with Gasteiger partial charge >= 0.3 is 0 Å². The van der Waals surface area contributed by atoms with E-state index < -0.39 is 0 Å². The lowest BCUT2D eigenvalue weighted by Gasteiger charge is -2.18. The number of anilines is 1. The Morgan fingerprint density at radius 1 is 0.970 bits per heavy atom. The van der Waals surface area contributed by atoms with Crippen LogP contribution in [0.3, 0.4) is 0 Å². The summed E-state index contributed by atoms with van der Waals surface area (Å²) < 4.78 is 19.0. The first-order valence-electron chi connectivity index (χ1n) is 11.1. The molecular formula is C26H23N3O4. The molecule has 3 aromatic carbocycles. The lowest BCUT2D eigenvalue weighted by Crippen LogP contribution is -2.24. The molecule has 1 amide bonds. The Bertz CT molecular complexity index is 1320. The molecule has 1 saturated heterocycles. The van der Waals surface area contributed by atoms with E-state index in [-0.39, 0.29) is 18.6 Å². The highest BCUT2D eigenvalue weighted by molar-refractivity contribution is 5.97. The van der Waals surface area contributed by atoms with Crippen molar-refractivity contribution in [3.63, 3.8) is 0 Å². The molecule has 6 rings (SSSR count). The second-order valence-corrected chi connectivity index (χ2v) is 8.21. The van der Waals surface area contributed by atoms with Crippen molar-refractivity contribution in [3.05, 3.63) is 78.6 Å². The quantitative estimate of drug-likeness (QED) is 0.445. The molecule has 7 heteroatoms. The van der Waals surface area contributed by atoms with Crippen LogP contribution in [-0.2, 0) is 11.3 Å². The Morgan fingerprint density at radius 3 is 2.70 bits per heavy atom. The van der Waals surface area contributed by atoms with Gasteiger partial charge in [0.1, 0.15) is 18.2 Å². The third-order valence-electron chi connectivity index (χ3n) is 6.17. The van der Waals surface area contributed by atoms with E-state index in [2.05, 4.69) is 10.6 Å². The number of nitrogens with zero attached hydrogens (tertiary/aromatic N) is 3. The van der Waals surface area contributed by atoms with Crippen LogP contribution in [0.15, 0.2) is 72.8 Å². The Kier molecular flexibility index (Phi) is 4.87. The molecule has 166 valence electrons. The van der Waals surface area contributed by atoms with Gasteiger partial charge in [-0.3, -0.25) is 4.79 Å². The molecule has 1 fully saturated rings. The summed E-state index contributed by atoms with van der Waals surface area (Å²) >= 11 is 0. The maximum Gasteiger partial charge on any atom is 0.231 e. The number of hydrogen-bond acceptors (Lipinski definition) is 5. The lowest BCUT2D eigenvalue weighted by atomic mass is 10.1. The van der Waals surface area contributed by atoms with Crippen LogP contribution in [0.25, 0.3) is 11.0 Å². The number of rotatable bonds is 6. The zero-order chi connectivity index (χ0) is 22.2. The maximum absolute atomic E-state index is 13.0. The summed E-state index contributed by atoms with van der Waals surface area (Å²) in [6, 6.07) is 23.5. The number of amides is 1. The molecule has 0 N–H and O–H groups in total. The van der Waals surface area contributed by atoms with Crippen LogP contribution in [0.4, 0.5) is 5.69 Å². The summed E-state index contributed by atoms with van der Waals surface area (Å²) in [5.41, 5.74) is 2.81. The Hall–Kier alpha value is -4.00. The average Bonchev–Trinajstić information content (AvgIpc) is 3.56. The van der Waals surface area contributed by atoms with Crippen molar-refractivity contribution >= 4 is 22.6 Å². The van der Waals surface area contributed by atoms with Crippen molar-refractivity contribution in [1.82, 2.24) is 9.55 Å². The van der Waals surface area contributed by atoms with Crippen LogP contribution in [0, 0.1) is 0 Å².